The summed E-state index contributed by atoms with van der Waals surface area (Å²) in [5.74, 6) is 0.764. The minimum absolute atomic E-state index is 0.101. The summed E-state index contributed by atoms with van der Waals surface area (Å²) < 4.78 is 5.02. The molecule has 22 heavy (non-hydrogen) atoms. The van der Waals surface area contributed by atoms with Crippen molar-refractivity contribution in [1.82, 2.24) is 9.97 Å². The Morgan fingerprint density at radius 2 is 1.95 bits per heavy atom. The molecule has 0 aliphatic rings. The van der Waals surface area contributed by atoms with E-state index in [0.29, 0.717) is 38.2 Å². The first kappa shape index (κ1) is 14.6. The summed E-state index contributed by atoms with van der Waals surface area (Å²) in [7, 11) is 1.45. The maximum atomic E-state index is 11.3. The second kappa shape index (κ2) is 5.47. The van der Waals surface area contributed by atoms with E-state index in [0.717, 1.165) is 0 Å². The molecule has 0 fully saturated rings. The number of nitro benzene ring substituents is 1. The first-order valence-corrected chi connectivity index (χ1v) is 6.92. The van der Waals surface area contributed by atoms with Gasteiger partial charge in [-0.05, 0) is 24.3 Å². The number of H-pyrrole nitrogens is 1. The molecule has 1 N–H and O–H groups in total. The minimum atomic E-state index is -0.481. The Balaban J connectivity index is 2.20. The van der Waals surface area contributed by atoms with Crippen LogP contribution >= 0.6 is 23.2 Å². The lowest BCUT2D eigenvalue weighted by Crippen LogP contribution is -1.94. The molecule has 3 rings (SSSR count). The monoisotopic (exact) mass is 337 g/mol. The number of fused-ring (bicyclic) bond motifs is 1. The molecule has 0 atom stereocenters. The van der Waals surface area contributed by atoms with Gasteiger partial charge in [0.2, 0.25) is 0 Å². The summed E-state index contributed by atoms with van der Waals surface area (Å²) >= 11 is 11.9. The smallest absolute Gasteiger partial charge is 0.284 e. The largest absolute Gasteiger partial charge is 0.497 e. The van der Waals surface area contributed by atoms with Crippen LogP contribution in [0.25, 0.3) is 22.4 Å². The Morgan fingerprint density at radius 1 is 1.23 bits per heavy atom. The van der Waals surface area contributed by atoms with E-state index < -0.39 is 4.92 Å². The summed E-state index contributed by atoms with van der Waals surface area (Å²) in [5, 5.41) is 12.0. The molecule has 0 spiro atoms. The van der Waals surface area contributed by atoms with Gasteiger partial charge in [-0.2, -0.15) is 0 Å². The Hall–Kier alpha value is -2.31. The minimum Gasteiger partial charge on any atom is -0.497 e. The van der Waals surface area contributed by atoms with Gasteiger partial charge in [0, 0.05) is 0 Å². The zero-order chi connectivity index (χ0) is 15.9. The number of aromatic nitrogens is 2. The zero-order valence-electron chi connectivity index (χ0n) is 11.3. The number of hydrogen-bond donors (Lipinski definition) is 1. The molecule has 8 heteroatoms. The number of halogens is 2. The molecule has 6 nitrogen and oxygen atoms in total. The van der Waals surface area contributed by atoms with Crippen LogP contribution in [0.3, 0.4) is 0 Å². The van der Waals surface area contributed by atoms with Crippen molar-refractivity contribution in [3.8, 4) is 17.1 Å². The average molecular weight is 338 g/mol. The van der Waals surface area contributed by atoms with Crippen molar-refractivity contribution in [3.05, 3.63) is 50.5 Å². The van der Waals surface area contributed by atoms with Crippen LogP contribution in [0.4, 0.5) is 5.69 Å². The molecule has 1 aromatic heterocycles. The normalized spacial score (nSPS) is 10.9. The van der Waals surface area contributed by atoms with E-state index in [1.54, 1.807) is 24.3 Å². The van der Waals surface area contributed by atoms with Crippen molar-refractivity contribution in [1.29, 1.82) is 0 Å². The molecule has 0 aliphatic carbocycles. The number of methoxy groups -OCH3 is 1. The molecule has 1 heterocycles. The van der Waals surface area contributed by atoms with Crippen molar-refractivity contribution in [2.75, 3.05) is 7.11 Å². The predicted molar refractivity (Wildman–Crippen MR) is 84.8 cm³/mol. The van der Waals surface area contributed by atoms with E-state index in [1.165, 1.54) is 13.2 Å². The van der Waals surface area contributed by atoms with E-state index in [9.17, 15) is 10.1 Å². The quantitative estimate of drug-likeness (QED) is 0.565. The van der Waals surface area contributed by atoms with Crippen LogP contribution in [0.1, 0.15) is 0 Å². The molecular weight excluding hydrogens is 329 g/mol. The summed E-state index contributed by atoms with van der Waals surface area (Å²) in [6.07, 6.45) is 0. The highest BCUT2D eigenvalue weighted by atomic mass is 35.5. The summed E-state index contributed by atoms with van der Waals surface area (Å²) in [5.41, 5.74) is 1.48. The number of aromatic amines is 1. The molecule has 0 saturated heterocycles. The van der Waals surface area contributed by atoms with Crippen LogP contribution in [0, 0.1) is 10.1 Å². The van der Waals surface area contributed by atoms with E-state index in [2.05, 4.69) is 9.97 Å². The number of nitrogens with one attached hydrogen (secondary N) is 1. The summed E-state index contributed by atoms with van der Waals surface area (Å²) in [4.78, 5) is 18.1. The molecule has 112 valence electrons. The van der Waals surface area contributed by atoms with Crippen LogP contribution < -0.4 is 4.74 Å². The first-order valence-electron chi connectivity index (χ1n) is 6.17. The van der Waals surface area contributed by atoms with E-state index in [1.807, 2.05) is 0 Å². The van der Waals surface area contributed by atoms with Gasteiger partial charge in [0.25, 0.3) is 5.69 Å². The first-order chi connectivity index (χ1) is 10.5. The van der Waals surface area contributed by atoms with Gasteiger partial charge in [-0.3, -0.25) is 10.1 Å². The highest BCUT2D eigenvalue weighted by Gasteiger charge is 2.19. The van der Waals surface area contributed by atoms with Crippen molar-refractivity contribution >= 4 is 39.9 Å². The number of imidazole rings is 1. The third kappa shape index (κ3) is 2.47. The van der Waals surface area contributed by atoms with Crippen LogP contribution in [0.5, 0.6) is 5.75 Å². The number of hydrogen-bond acceptors (Lipinski definition) is 4. The molecule has 0 bridgehead atoms. The molecule has 3 aromatic rings. The van der Waals surface area contributed by atoms with Gasteiger partial charge in [0.05, 0.1) is 44.7 Å². The van der Waals surface area contributed by atoms with Crippen molar-refractivity contribution < 1.29 is 9.66 Å². The number of rotatable bonds is 3. The molecule has 0 amide bonds. The Labute approximate surface area is 134 Å². The molecule has 0 aliphatic heterocycles. The highest BCUT2D eigenvalue weighted by molar-refractivity contribution is 6.42. The number of nitro groups is 1. The fourth-order valence-electron chi connectivity index (χ4n) is 2.12. The SMILES string of the molecule is COc1ccc(-c2nc3cc(Cl)c(Cl)cc3[nH]2)c([N+](=O)[O-])c1. The van der Waals surface area contributed by atoms with Gasteiger partial charge in [-0.1, -0.05) is 23.2 Å². The lowest BCUT2D eigenvalue weighted by Gasteiger charge is -2.03. The number of ether oxygens (including phenoxy) is 1. The third-order valence-corrected chi connectivity index (χ3v) is 3.90. The topological polar surface area (TPSA) is 81.0 Å². The fourth-order valence-corrected chi connectivity index (χ4v) is 2.44. The second-order valence-corrected chi connectivity index (χ2v) is 5.32. The van der Waals surface area contributed by atoms with Gasteiger partial charge in [-0.25, -0.2) is 4.98 Å². The standard InChI is InChI=1S/C14H9Cl2N3O3/c1-22-7-2-3-8(13(4-7)19(20)21)14-17-11-5-9(15)10(16)6-12(11)18-14/h2-6H,1H3,(H,17,18). The molecule has 2 aromatic carbocycles. The van der Waals surface area contributed by atoms with E-state index in [4.69, 9.17) is 27.9 Å². The maximum Gasteiger partial charge on any atom is 0.284 e. The van der Waals surface area contributed by atoms with E-state index >= 15 is 0 Å². The highest BCUT2D eigenvalue weighted by Crippen LogP contribution is 2.34. The summed E-state index contributed by atoms with van der Waals surface area (Å²) in [6, 6.07) is 7.80. The van der Waals surface area contributed by atoms with Gasteiger partial charge < -0.3 is 9.72 Å². The lowest BCUT2D eigenvalue weighted by molar-refractivity contribution is -0.384. The van der Waals surface area contributed by atoms with Crippen molar-refractivity contribution in [2.24, 2.45) is 0 Å². The zero-order valence-corrected chi connectivity index (χ0v) is 12.8. The Kier molecular flexibility index (Phi) is 3.64. The van der Waals surface area contributed by atoms with Crippen LogP contribution in [0.15, 0.2) is 30.3 Å². The maximum absolute atomic E-state index is 11.3. The average Bonchev–Trinajstić information content (AvgIpc) is 2.89. The lowest BCUT2D eigenvalue weighted by atomic mass is 10.1. The molecule has 0 saturated carbocycles. The van der Waals surface area contributed by atoms with Crippen molar-refractivity contribution in [3.63, 3.8) is 0 Å². The summed E-state index contributed by atoms with van der Waals surface area (Å²) in [6.45, 7) is 0. The van der Waals surface area contributed by atoms with Gasteiger partial charge in [0.15, 0.2) is 0 Å². The van der Waals surface area contributed by atoms with Gasteiger partial charge in [-0.15, -0.1) is 0 Å². The Morgan fingerprint density at radius 3 is 2.64 bits per heavy atom. The second-order valence-electron chi connectivity index (χ2n) is 4.51. The van der Waals surface area contributed by atoms with Crippen LogP contribution in [0.2, 0.25) is 10.0 Å². The molecular formula is C14H9Cl2N3O3. The van der Waals surface area contributed by atoms with Gasteiger partial charge >= 0.3 is 0 Å². The molecule has 0 radical (unpaired) electrons. The predicted octanol–water partition coefficient (Wildman–Crippen LogP) is 4.45. The fraction of sp³-hybridized carbons (Fsp3) is 0.0714. The number of nitrogens with zero attached hydrogens (tertiary/aromatic N) is 2. The number of benzene rings is 2. The third-order valence-electron chi connectivity index (χ3n) is 3.18. The van der Waals surface area contributed by atoms with Gasteiger partial charge in [0.1, 0.15) is 11.6 Å². The van der Waals surface area contributed by atoms with Crippen LogP contribution in [-0.2, 0) is 0 Å². The van der Waals surface area contributed by atoms with E-state index in [-0.39, 0.29) is 5.69 Å². The molecule has 0 unspecified atom stereocenters. The Bertz CT molecular complexity index is 853. The van der Waals surface area contributed by atoms with Crippen molar-refractivity contribution in [2.45, 2.75) is 0 Å². The van der Waals surface area contributed by atoms with Crippen LogP contribution in [-0.4, -0.2) is 22.0 Å².